The molecular formula is C24H33N7O4. The number of methoxy groups -OCH3 is 1. The van der Waals surface area contributed by atoms with Crippen LogP contribution in [0.25, 0.3) is 11.2 Å². The molecule has 2 aromatic heterocycles. The standard InChI is InChI=1S/C24H33N7O4/c1-4-34-12-9-25-23(32)15(2)16-5-6-18(19(13-16)33-3)29-24-30-21-20(26-14-27-21)22(31-24)28-17-7-10-35-11-8-17/h5-6,13-15,17H,4,7-12H2,1-3H3,(H,25,32)(H3,26,27,28,29,30,31). The van der Waals surface area contributed by atoms with Crippen molar-refractivity contribution in [3.05, 3.63) is 30.1 Å². The van der Waals surface area contributed by atoms with Crippen LogP contribution in [-0.4, -0.2) is 72.0 Å². The number of nitrogens with one attached hydrogen (secondary N) is 4. The number of aromatic nitrogens is 4. The number of carbonyl (C=O) groups is 1. The first-order valence-corrected chi connectivity index (χ1v) is 11.9. The molecule has 35 heavy (non-hydrogen) atoms. The molecule has 1 saturated heterocycles. The fourth-order valence-electron chi connectivity index (χ4n) is 3.92. The Morgan fingerprint density at radius 1 is 1.29 bits per heavy atom. The largest absolute Gasteiger partial charge is 0.495 e. The maximum Gasteiger partial charge on any atom is 0.231 e. The van der Waals surface area contributed by atoms with E-state index in [1.165, 1.54) is 0 Å². The lowest BCUT2D eigenvalue weighted by Crippen LogP contribution is -2.31. The van der Waals surface area contributed by atoms with Crippen molar-refractivity contribution < 1.29 is 19.0 Å². The number of fused-ring (bicyclic) bond motifs is 1. The van der Waals surface area contributed by atoms with Gasteiger partial charge in [0.05, 0.1) is 31.6 Å². The van der Waals surface area contributed by atoms with Crippen LogP contribution >= 0.6 is 0 Å². The Bertz CT molecular complexity index is 1130. The van der Waals surface area contributed by atoms with Crippen LogP contribution in [0.1, 0.15) is 38.2 Å². The molecular weight excluding hydrogens is 450 g/mol. The third-order valence-electron chi connectivity index (χ3n) is 5.96. The van der Waals surface area contributed by atoms with Gasteiger partial charge in [-0.2, -0.15) is 9.97 Å². The summed E-state index contributed by atoms with van der Waals surface area (Å²) >= 11 is 0. The van der Waals surface area contributed by atoms with Gasteiger partial charge in [0.2, 0.25) is 11.9 Å². The minimum atomic E-state index is -0.341. The van der Waals surface area contributed by atoms with Crippen molar-refractivity contribution in [1.29, 1.82) is 0 Å². The lowest BCUT2D eigenvalue weighted by atomic mass is 9.99. The summed E-state index contributed by atoms with van der Waals surface area (Å²) in [7, 11) is 1.59. The van der Waals surface area contributed by atoms with Gasteiger partial charge in [-0.3, -0.25) is 4.79 Å². The number of amides is 1. The first-order chi connectivity index (χ1) is 17.1. The van der Waals surface area contributed by atoms with E-state index >= 15 is 0 Å². The maximum absolute atomic E-state index is 12.5. The smallest absolute Gasteiger partial charge is 0.231 e. The highest BCUT2D eigenvalue weighted by Gasteiger charge is 2.20. The van der Waals surface area contributed by atoms with Crippen LogP contribution in [0.15, 0.2) is 24.5 Å². The summed E-state index contributed by atoms with van der Waals surface area (Å²) in [6.07, 6.45) is 3.43. The molecule has 3 heterocycles. The van der Waals surface area contributed by atoms with Gasteiger partial charge in [0.1, 0.15) is 11.3 Å². The van der Waals surface area contributed by atoms with Crippen LogP contribution in [0.4, 0.5) is 17.5 Å². The summed E-state index contributed by atoms with van der Waals surface area (Å²) in [5, 5.41) is 9.64. The van der Waals surface area contributed by atoms with Crippen LogP contribution in [-0.2, 0) is 14.3 Å². The van der Waals surface area contributed by atoms with E-state index in [1.54, 1.807) is 13.4 Å². The van der Waals surface area contributed by atoms with Crippen molar-refractivity contribution in [2.24, 2.45) is 0 Å². The van der Waals surface area contributed by atoms with Crippen molar-refractivity contribution >= 4 is 34.5 Å². The zero-order valence-corrected chi connectivity index (χ0v) is 20.4. The molecule has 0 bridgehead atoms. The van der Waals surface area contributed by atoms with Crippen molar-refractivity contribution in [1.82, 2.24) is 25.3 Å². The molecule has 188 valence electrons. The second-order valence-electron chi connectivity index (χ2n) is 8.32. The van der Waals surface area contributed by atoms with Crippen LogP contribution in [0, 0.1) is 0 Å². The van der Waals surface area contributed by atoms with E-state index < -0.39 is 0 Å². The van der Waals surface area contributed by atoms with E-state index in [0.717, 1.165) is 37.1 Å². The third-order valence-corrected chi connectivity index (χ3v) is 5.96. The third kappa shape index (κ3) is 6.17. The molecule has 1 atom stereocenters. The zero-order valence-electron chi connectivity index (χ0n) is 20.4. The minimum Gasteiger partial charge on any atom is -0.495 e. The number of nitrogens with zero attached hydrogens (tertiary/aromatic N) is 3. The predicted octanol–water partition coefficient (Wildman–Crippen LogP) is 2.95. The van der Waals surface area contributed by atoms with Crippen molar-refractivity contribution in [3.8, 4) is 5.75 Å². The Balaban J connectivity index is 1.50. The van der Waals surface area contributed by atoms with Crippen LogP contribution in [0.3, 0.4) is 0 Å². The molecule has 1 amide bonds. The molecule has 4 N–H and O–H groups in total. The van der Waals surface area contributed by atoms with Crippen molar-refractivity contribution in [2.45, 2.75) is 38.6 Å². The highest BCUT2D eigenvalue weighted by molar-refractivity contribution is 5.85. The fraction of sp³-hybridized carbons (Fsp3) is 0.500. The lowest BCUT2D eigenvalue weighted by molar-refractivity contribution is -0.122. The van der Waals surface area contributed by atoms with E-state index in [1.807, 2.05) is 32.0 Å². The Morgan fingerprint density at radius 3 is 2.89 bits per heavy atom. The molecule has 4 rings (SSSR count). The molecule has 0 spiro atoms. The summed E-state index contributed by atoms with van der Waals surface area (Å²) in [5.74, 6) is 1.26. The monoisotopic (exact) mass is 483 g/mol. The second kappa shape index (κ2) is 11.8. The van der Waals surface area contributed by atoms with Crippen LogP contribution in [0.5, 0.6) is 5.75 Å². The van der Waals surface area contributed by atoms with Crippen molar-refractivity contribution in [3.63, 3.8) is 0 Å². The van der Waals surface area contributed by atoms with Gasteiger partial charge in [-0.1, -0.05) is 6.07 Å². The highest BCUT2D eigenvalue weighted by Crippen LogP contribution is 2.31. The second-order valence-corrected chi connectivity index (χ2v) is 8.32. The molecule has 0 radical (unpaired) electrons. The summed E-state index contributed by atoms with van der Waals surface area (Å²) in [6, 6.07) is 5.88. The van der Waals surface area contributed by atoms with E-state index in [2.05, 4.69) is 30.9 Å². The first-order valence-electron chi connectivity index (χ1n) is 11.9. The Kier molecular flexibility index (Phi) is 8.32. The first kappa shape index (κ1) is 24.7. The summed E-state index contributed by atoms with van der Waals surface area (Å²) in [4.78, 5) is 29.2. The number of aromatic amines is 1. The van der Waals surface area contributed by atoms with Crippen LogP contribution in [0.2, 0.25) is 0 Å². The molecule has 3 aromatic rings. The highest BCUT2D eigenvalue weighted by atomic mass is 16.5. The van der Waals surface area contributed by atoms with E-state index in [9.17, 15) is 4.79 Å². The number of anilines is 3. The molecule has 1 fully saturated rings. The zero-order chi connectivity index (χ0) is 24.6. The molecule has 0 saturated carbocycles. The summed E-state index contributed by atoms with van der Waals surface area (Å²) in [5.41, 5.74) is 2.84. The number of hydrogen-bond acceptors (Lipinski definition) is 9. The predicted molar refractivity (Wildman–Crippen MR) is 133 cm³/mol. The molecule has 1 aliphatic heterocycles. The summed E-state index contributed by atoms with van der Waals surface area (Å²) < 4.78 is 16.3. The number of hydrogen-bond donors (Lipinski definition) is 4. The average Bonchev–Trinajstić information content (AvgIpc) is 3.36. The molecule has 11 heteroatoms. The molecule has 1 aliphatic rings. The topological polar surface area (TPSA) is 135 Å². The van der Waals surface area contributed by atoms with Gasteiger partial charge in [-0.15, -0.1) is 0 Å². The van der Waals surface area contributed by atoms with Gasteiger partial charge in [-0.25, -0.2) is 4.98 Å². The quantitative estimate of drug-likeness (QED) is 0.304. The number of ether oxygens (including phenoxy) is 3. The number of H-pyrrole nitrogens is 1. The summed E-state index contributed by atoms with van der Waals surface area (Å²) in [6.45, 7) is 6.84. The van der Waals surface area contributed by atoms with E-state index in [0.29, 0.717) is 48.6 Å². The van der Waals surface area contributed by atoms with Gasteiger partial charge < -0.3 is 35.1 Å². The van der Waals surface area contributed by atoms with Gasteiger partial charge in [0.15, 0.2) is 11.5 Å². The molecule has 0 aliphatic carbocycles. The number of imidazole rings is 1. The molecule has 1 unspecified atom stereocenters. The Labute approximate surface area is 204 Å². The average molecular weight is 484 g/mol. The van der Waals surface area contributed by atoms with Gasteiger partial charge >= 0.3 is 0 Å². The lowest BCUT2D eigenvalue weighted by Gasteiger charge is -2.24. The van der Waals surface area contributed by atoms with E-state index in [-0.39, 0.29) is 17.9 Å². The van der Waals surface area contributed by atoms with Gasteiger partial charge in [0.25, 0.3) is 0 Å². The SMILES string of the molecule is CCOCCNC(=O)C(C)c1ccc(Nc2nc(NC3CCOCC3)c3[nH]cnc3n2)c(OC)c1. The Morgan fingerprint density at radius 2 is 2.11 bits per heavy atom. The molecule has 11 nitrogen and oxygen atoms in total. The fourth-order valence-corrected chi connectivity index (χ4v) is 3.92. The van der Waals surface area contributed by atoms with Gasteiger partial charge in [0, 0.05) is 32.4 Å². The van der Waals surface area contributed by atoms with Gasteiger partial charge in [-0.05, 0) is 44.4 Å². The molecule has 1 aromatic carbocycles. The van der Waals surface area contributed by atoms with E-state index in [4.69, 9.17) is 19.2 Å². The number of rotatable bonds is 11. The van der Waals surface area contributed by atoms with Crippen molar-refractivity contribution in [2.75, 3.05) is 50.7 Å². The Hall–Kier alpha value is -3.44. The number of benzene rings is 1. The normalized spacial score (nSPS) is 15.1. The maximum atomic E-state index is 12.5. The minimum absolute atomic E-state index is 0.0661. The van der Waals surface area contributed by atoms with Crippen LogP contribution < -0.4 is 20.7 Å². The number of carbonyl (C=O) groups excluding carboxylic acids is 1.